The Morgan fingerprint density at radius 3 is 1.18 bits per heavy atom. The third kappa shape index (κ3) is 6.66. The monoisotopic (exact) mass is 302 g/mol. The van der Waals surface area contributed by atoms with Gasteiger partial charge in [0.25, 0.3) is 0 Å². The predicted molar refractivity (Wildman–Crippen MR) is 77.5 cm³/mol. The molecule has 4 N–H and O–H groups in total. The Morgan fingerprint density at radius 2 is 1.05 bits per heavy atom. The van der Waals surface area contributed by atoms with Crippen molar-refractivity contribution < 1.29 is 19.8 Å². The van der Waals surface area contributed by atoms with Crippen molar-refractivity contribution in [3.05, 3.63) is 72.3 Å². The van der Waals surface area contributed by atoms with Crippen molar-refractivity contribution in [2.24, 2.45) is 0 Å². The molecule has 0 saturated carbocycles. The lowest BCUT2D eigenvalue weighted by Crippen LogP contribution is -1.95. The lowest BCUT2D eigenvalue weighted by atomic mass is 10.4. The molecule has 0 saturated heterocycles. The molecule has 0 amide bonds. The summed E-state index contributed by atoms with van der Waals surface area (Å²) in [4.78, 5) is 20.0. The number of carboxylic acids is 2. The molecule has 0 bridgehead atoms. The number of hydrogen-bond acceptors (Lipinski definition) is 4. The van der Waals surface area contributed by atoms with E-state index < -0.39 is 11.9 Å². The number of aromatic nitrogens is 4. The van der Waals surface area contributed by atoms with Gasteiger partial charge in [0, 0.05) is 12.4 Å². The van der Waals surface area contributed by atoms with Gasteiger partial charge in [-0.25, -0.2) is 9.59 Å². The van der Waals surface area contributed by atoms with E-state index in [9.17, 15) is 9.59 Å². The molecule has 8 heteroatoms. The fraction of sp³-hybridized carbons (Fsp3) is 0. The highest BCUT2D eigenvalue weighted by atomic mass is 16.4. The molecule has 0 aliphatic rings. The number of carbonyl (C=O) groups is 2. The van der Waals surface area contributed by atoms with E-state index >= 15 is 0 Å². The number of rotatable bonds is 2. The van der Waals surface area contributed by atoms with E-state index in [1.807, 2.05) is 36.4 Å². The van der Waals surface area contributed by atoms with Crippen molar-refractivity contribution in [2.75, 3.05) is 0 Å². The summed E-state index contributed by atoms with van der Waals surface area (Å²) in [6, 6.07) is 14.8. The van der Waals surface area contributed by atoms with Crippen LogP contribution in [0.1, 0.15) is 21.0 Å². The third-order valence-electron chi connectivity index (χ3n) is 2.11. The van der Waals surface area contributed by atoms with Gasteiger partial charge < -0.3 is 10.2 Å². The van der Waals surface area contributed by atoms with Crippen LogP contribution in [0.4, 0.5) is 0 Å². The zero-order valence-corrected chi connectivity index (χ0v) is 11.4. The van der Waals surface area contributed by atoms with Crippen molar-refractivity contribution in [1.82, 2.24) is 20.4 Å². The summed E-state index contributed by atoms with van der Waals surface area (Å²) < 4.78 is 0. The molecule has 2 heterocycles. The van der Waals surface area contributed by atoms with E-state index in [-0.39, 0.29) is 11.4 Å². The SMILES string of the molecule is O=C(O)c1cc[nH]n1.O=C(O)c1cc[nH]n1.c1ccccc1. The van der Waals surface area contributed by atoms with Gasteiger partial charge in [-0.2, -0.15) is 10.2 Å². The first-order valence-corrected chi connectivity index (χ1v) is 6.07. The van der Waals surface area contributed by atoms with Crippen molar-refractivity contribution in [3.8, 4) is 0 Å². The van der Waals surface area contributed by atoms with Gasteiger partial charge in [0.2, 0.25) is 0 Å². The average molecular weight is 302 g/mol. The van der Waals surface area contributed by atoms with Gasteiger partial charge in [-0.1, -0.05) is 36.4 Å². The quantitative estimate of drug-likeness (QED) is 0.571. The first kappa shape index (κ1) is 16.6. The Balaban J connectivity index is 0.000000167. The molecule has 3 rings (SSSR count). The van der Waals surface area contributed by atoms with E-state index in [4.69, 9.17) is 10.2 Å². The molecule has 22 heavy (non-hydrogen) atoms. The molecule has 0 fully saturated rings. The molecule has 0 atom stereocenters. The standard InChI is InChI=1S/C6H6.2C4H4N2O2/c1-2-4-6-5-3-1;2*7-4(8)3-1-2-5-6-3/h1-6H;2*1-2H,(H,5,6)(H,7,8). The maximum absolute atomic E-state index is 9.98. The predicted octanol–water partition coefficient (Wildman–Crippen LogP) is 1.90. The minimum atomic E-state index is -1.01. The van der Waals surface area contributed by atoms with Gasteiger partial charge in [0.05, 0.1) is 0 Å². The first-order chi connectivity index (χ1) is 10.6. The van der Waals surface area contributed by atoms with Gasteiger partial charge in [0.1, 0.15) is 0 Å². The molecule has 1 aromatic carbocycles. The Bertz CT molecular complexity index is 581. The van der Waals surface area contributed by atoms with Crippen LogP contribution in [-0.4, -0.2) is 42.5 Å². The summed E-state index contributed by atoms with van der Waals surface area (Å²) in [6.45, 7) is 0. The molecular weight excluding hydrogens is 288 g/mol. The molecular formula is C14H14N4O4. The van der Waals surface area contributed by atoms with Crippen LogP contribution in [-0.2, 0) is 0 Å². The number of nitrogens with zero attached hydrogens (tertiary/aromatic N) is 2. The minimum Gasteiger partial charge on any atom is -0.476 e. The molecule has 2 aromatic heterocycles. The van der Waals surface area contributed by atoms with Gasteiger partial charge in [-0.15, -0.1) is 0 Å². The lowest BCUT2D eigenvalue weighted by Gasteiger charge is -1.77. The third-order valence-corrected chi connectivity index (χ3v) is 2.11. The topological polar surface area (TPSA) is 132 Å². The second kappa shape index (κ2) is 9.48. The molecule has 0 unspecified atom stereocenters. The van der Waals surface area contributed by atoms with Crippen LogP contribution in [0.15, 0.2) is 60.9 Å². The van der Waals surface area contributed by atoms with E-state index in [1.165, 1.54) is 24.5 Å². The van der Waals surface area contributed by atoms with Crippen LogP contribution >= 0.6 is 0 Å². The molecule has 114 valence electrons. The van der Waals surface area contributed by atoms with Gasteiger partial charge in [-0.3, -0.25) is 10.2 Å². The van der Waals surface area contributed by atoms with Crippen molar-refractivity contribution in [3.63, 3.8) is 0 Å². The Hall–Kier alpha value is -3.42. The van der Waals surface area contributed by atoms with Crippen LogP contribution in [0.3, 0.4) is 0 Å². The fourth-order valence-electron chi connectivity index (χ4n) is 1.14. The number of aromatic amines is 2. The summed E-state index contributed by atoms with van der Waals surface area (Å²) in [5.41, 5.74) is 0.0926. The van der Waals surface area contributed by atoms with Crippen molar-refractivity contribution in [1.29, 1.82) is 0 Å². The van der Waals surface area contributed by atoms with Gasteiger partial charge in [0.15, 0.2) is 11.4 Å². The zero-order valence-electron chi connectivity index (χ0n) is 11.4. The van der Waals surface area contributed by atoms with Gasteiger partial charge in [-0.05, 0) is 12.1 Å². The average Bonchev–Trinajstić information content (AvgIpc) is 3.24. The zero-order chi connectivity index (χ0) is 16.2. The normalized spacial score (nSPS) is 8.73. The summed E-state index contributed by atoms with van der Waals surface area (Å²) in [6.07, 6.45) is 2.92. The van der Waals surface area contributed by atoms with Crippen LogP contribution in [0, 0.1) is 0 Å². The van der Waals surface area contributed by atoms with Gasteiger partial charge >= 0.3 is 11.9 Å². The van der Waals surface area contributed by atoms with Crippen LogP contribution < -0.4 is 0 Å². The number of nitrogens with one attached hydrogen (secondary N) is 2. The van der Waals surface area contributed by atoms with E-state index in [0.29, 0.717) is 0 Å². The molecule has 0 aliphatic heterocycles. The second-order valence-corrected chi connectivity index (χ2v) is 3.68. The summed E-state index contributed by atoms with van der Waals surface area (Å²) in [5.74, 6) is -2.02. The highest BCUT2D eigenvalue weighted by Gasteiger charge is 2.01. The lowest BCUT2D eigenvalue weighted by molar-refractivity contribution is 0.0679. The van der Waals surface area contributed by atoms with Crippen LogP contribution in [0.25, 0.3) is 0 Å². The molecule has 3 aromatic rings. The van der Waals surface area contributed by atoms with E-state index in [0.717, 1.165) is 0 Å². The van der Waals surface area contributed by atoms with E-state index in [1.54, 1.807) is 0 Å². The highest BCUT2D eigenvalue weighted by molar-refractivity contribution is 5.85. The number of hydrogen-bond donors (Lipinski definition) is 4. The summed E-state index contributed by atoms with van der Waals surface area (Å²) >= 11 is 0. The van der Waals surface area contributed by atoms with Crippen LogP contribution in [0.5, 0.6) is 0 Å². The van der Waals surface area contributed by atoms with E-state index in [2.05, 4.69) is 20.4 Å². The Kier molecular flexibility index (Phi) is 7.17. The molecule has 0 aliphatic carbocycles. The number of aromatic carboxylic acids is 2. The highest BCUT2D eigenvalue weighted by Crippen LogP contribution is 1.88. The smallest absolute Gasteiger partial charge is 0.356 e. The summed E-state index contributed by atoms with van der Waals surface area (Å²) in [7, 11) is 0. The molecule has 0 spiro atoms. The van der Waals surface area contributed by atoms with Crippen molar-refractivity contribution >= 4 is 11.9 Å². The first-order valence-electron chi connectivity index (χ1n) is 6.07. The minimum absolute atomic E-state index is 0.0463. The summed E-state index contributed by atoms with van der Waals surface area (Å²) in [5, 5.41) is 27.9. The Morgan fingerprint density at radius 1 is 0.727 bits per heavy atom. The fourth-order valence-corrected chi connectivity index (χ4v) is 1.14. The molecule has 8 nitrogen and oxygen atoms in total. The maximum atomic E-state index is 9.98. The molecule has 0 radical (unpaired) electrons. The van der Waals surface area contributed by atoms with Crippen molar-refractivity contribution in [2.45, 2.75) is 0 Å². The number of benzene rings is 1. The second-order valence-electron chi connectivity index (χ2n) is 3.68. The Labute approximate surface area is 125 Å². The number of carboxylic acid groups (broad SMARTS) is 2. The largest absolute Gasteiger partial charge is 0.476 e. The maximum Gasteiger partial charge on any atom is 0.356 e. The van der Waals surface area contributed by atoms with Crippen LogP contribution in [0.2, 0.25) is 0 Å². The number of H-pyrrole nitrogens is 2.